The van der Waals surface area contributed by atoms with Gasteiger partial charge in [0.25, 0.3) is 0 Å². The summed E-state index contributed by atoms with van der Waals surface area (Å²) in [5.41, 5.74) is 0.805. The Labute approximate surface area is 177 Å². The number of H-pyrrole nitrogens is 1. The Morgan fingerprint density at radius 2 is 1.94 bits per heavy atom. The zero-order chi connectivity index (χ0) is 21.6. The van der Waals surface area contributed by atoms with Gasteiger partial charge in [-0.2, -0.15) is 5.10 Å². The molecule has 1 spiro atoms. The van der Waals surface area contributed by atoms with Crippen molar-refractivity contribution in [3.8, 4) is 11.5 Å². The summed E-state index contributed by atoms with van der Waals surface area (Å²) in [5, 5.41) is 17.1. The molecular weight excluding hydrogens is 404 g/mol. The van der Waals surface area contributed by atoms with E-state index in [1.807, 2.05) is 0 Å². The van der Waals surface area contributed by atoms with E-state index in [1.54, 1.807) is 0 Å². The fourth-order valence-corrected chi connectivity index (χ4v) is 5.76. The summed E-state index contributed by atoms with van der Waals surface area (Å²) in [6.45, 7) is 0. The number of fused-ring (bicyclic) bond motifs is 1. The topological polar surface area (TPSA) is 105 Å². The number of nitrogens with one attached hydrogen (secondary N) is 1. The highest BCUT2D eigenvalue weighted by atomic mass is 19.1. The molecule has 2 N–H and O–H groups in total. The molecular formula is C22H23F2N5O2. The van der Waals surface area contributed by atoms with Crippen LogP contribution in [0.1, 0.15) is 50.6 Å². The number of hydrogen-bond acceptors (Lipinski definition) is 5. The van der Waals surface area contributed by atoms with E-state index in [4.69, 9.17) is 0 Å². The first-order valence-corrected chi connectivity index (χ1v) is 10.7. The van der Waals surface area contributed by atoms with Crippen LogP contribution in [0.2, 0.25) is 0 Å². The lowest BCUT2D eigenvalue weighted by molar-refractivity contribution is -0.148. The highest BCUT2D eigenvalue weighted by molar-refractivity contribution is 5.88. The molecule has 7 nitrogen and oxygen atoms in total. The van der Waals surface area contributed by atoms with E-state index >= 15 is 0 Å². The van der Waals surface area contributed by atoms with Crippen LogP contribution in [-0.4, -0.2) is 36.2 Å². The summed E-state index contributed by atoms with van der Waals surface area (Å²) >= 11 is 0. The van der Waals surface area contributed by atoms with Crippen LogP contribution in [0.3, 0.4) is 0 Å². The molecule has 3 aromatic heterocycles. The van der Waals surface area contributed by atoms with Crippen LogP contribution in [0.25, 0.3) is 22.6 Å². The maximum absolute atomic E-state index is 14.8. The second kappa shape index (κ2) is 7.62. The number of hydrogen-bond donors (Lipinski definition) is 2. The van der Waals surface area contributed by atoms with Gasteiger partial charge in [0.1, 0.15) is 11.5 Å². The second-order valence-electron chi connectivity index (χ2n) is 8.83. The van der Waals surface area contributed by atoms with Crippen molar-refractivity contribution in [1.82, 2.24) is 25.1 Å². The highest BCUT2D eigenvalue weighted by Gasteiger charge is 2.49. The smallest absolute Gasteiger partial charge is 0.306 e. The van der Waals surface area contributed by atoms with E-state index in [1.165, 1.54) is 6.07 Å². The minimum Gasteiger partial charge on any atom is -0.481 e. The fourth-order valence-electron chi connectivity index (χ4n) is 5.76. The van der Waals surface area contributed by atoms with Gasteiger partial charge < -0.3 is 5.11 Å². The first-order chi connectivity index (χ1) is 15.0. The largest absolute Gasteiger partial charge is 0.481 e. The number of pyridine rings is 1. The lowest BCUT2D eigenvalue weighted by atomic mass is 9.59. The Balaban J connectivity index is 1.54. The zero-order valence-corrected chi connectivity index (χ0v) is 16.9. The molecule has 162 valence electrons. The standard InChI is InChI=1S/C22H23F2N5O2/c23-12-8-14-18(28-29-19(14)25-10-12)20-26-11-16(24)17(27-20)9-15-13(21(30)31)4-3-7-22(15)5-1-2-6-22/h8,10-11,13,15H,1-7,9H2,(H,30,31)(H,25,28,29)/t13-,15-/m1/s1. The number of carboxylic acids is 1. The Kier molecular flexibility index (Phi) is 4.91. The maximum atomic E-state index is 14.8. The summed E-state index contributed by atoms with van der Waals surface area (Å²) in [6.07, 6.45) is 9.03. The Morgan fingerprint density at radius 3 is 2.71 bits per heavy atom. The van der Waals surface area contributed by atoms with Gasteiger partial charge in [-0.3, -0.25) is 9.89 Å². The van der Waals surface area contributed by atoms with Gasteiger partial charge in [-0.05, 0) is 49.5 Å². The van der Waals surface area contributed by atoms with Crippen LogP contribution < -0.4 is 0 Å². The molecule has 0 aliphatic heterocycles. The van der Waals surface area contributed by atoms with E-state index in [-0.39, 0.29) is 29.3 Å². The Hall–Kier alpha value is -2.97. The van der Waals surface area contributed by atoms with E-state index in [9.17, 15) is 18.7 Å². The molecule has 5 rings (SSSR count). The number of halogens is 2. The van der Waals surface area contributed by atoms with Crippen molar-refractivity contribution < 1.29 is 18.7 Å². The quantitative estimate of drug-likeness (QED) is 0.643. The average Bonchev–Trinajstić information content (AvgIpc) is 3.38. The minimum absolute atomic E-state index is 0.0629. The maximum Gasteiger partial charge on any atom is 0.306 e. The summed E-state index contributed by atoms with van der Waals surface area (Å²) in [6, 6.07) is 1.28. The third kappa shape index (κ3) is 3.45. The van der Waals surface area contributed by atoms with E-state index in [0.717, 1.165) is 50.9 Å². The van der Waals surface area contributed by atoms with Crippen LogP contribution in [0.4, 0.5) is 8.78 Å². The normalized spacial score (nSPS) is 22.9. The van der Waals surface area contributed by atoms with Crippen molar-refractivity contribution >= 4 is 17.0 Å². The summed E-state index contributed by atoms with van der Waals surface area (Å²) in [4.78, 5) is 24.5. The minimum atomic E-state index is -0.813. The number of aromatic nitrogens is 5. The highest BCUT2D eigenvalue weighted by Crippen LogP contribution is 2.55. The molecule has 3 aromatic rings. The van der Waals surface area contributed by atoms with Crippen molar-refractivity contribution in [3.05, 3.63) is 35.8 Å². The van der Waals surface area contributed by atoms with E-state index in [2.05, 4.69) is 25.1 Å². The molecule has 31 heavy (non-hydrogen) atoms. The third-order valence-corrected chi connectivity index (χ3v) is 7.21. The van der Waals surface area contributed by atoms with Crippen molar-refractivity contribution in [2.24, 2.45) is 17.3 Å². The van der Waals surface area contributed by atoms with Gasteiger partial charge >= 0.3 is 5.97 Å². The summed E-state index contributed by atoms with van der Waals surface area (Å²) in [5.74, 6) is -2.37. The van der Waals surface area contributed by atoms with Crippen molar-refractivity contribution in [3.63, 3.8) is 0 Å². The molecule has 0 amide bonds. The number of carboxylic acid groups (broad SMARTS) is 1. The average molecular weight is 427 g/mol. The third-order valence-electron chi connectivity index (χ3n) is 7.21. The molecule has 2 atom stereocenters. The molecule has 2 saturated carbocycles. The van der Waals surface area contributed by atoms with Crippen molar-refractivity contribution in [2.75, 3.05) is 0 Å². The van der Waals surface area contributed by atoms with Gasteiger partial charge in [-0.15, -0.1) is 0 Å². The number of carbonyl (C=O) groups is 1. The fraction of sp³-hybridized carbons (Fsp3) is 0.500. The molecule has 0 unspecified atom stereocenters. The van der Waals surface area contributed by atoms with Gasteiger partial charge in [0.05, 0.1) is 29.4 Å². The molecule has 2 aliphatic rings. The molecule has 3 heterocycles. The SMILES string of the molecule is O=C(O)[C@@H]1CCCC2(CCCC2)[C@@H]1Cc1nc(-c2[nH]nc3ncc(F)cc23)ncc1F. The van der Waals surface area contributed by atoms with Crippen LogP contribution in [0.5, 0.6) is 0 Å². The van der Waals surface area contributed by atoms with E-state index in [0.29, 0.717) is 23.1 Å². The molecule has 2 fully saturated rings. The summed E-state index contributed by atoms with van der Waals surface area (Å²) < 4.78 is 28.5. The number of aromatic amines is 1. The zero-order valence-electron chi connectivity index (χ0n) is 16.9. The predicted molar refractivity (Wildman–Crippen MR) is 108 cm³/mol. The number of nitrogens with zero attached hydrogens (tertiary/aromatic N) is 4. The van der Waals surface area contributed by atoms with Gasteiger partial charge in [-0.1, -0.05) is 19.3 Å². The number of aliphatic carboxylic acids is 1. The predicted octanol–water partition coefficient (Wildman–Crippen LogP) is 4.30. The van der Waals surface area contributed by atoms with Gasteiger partial charge in [0.15, 0.2) is 17.3 Å². The molecule has 0 aromatic carbocycles. The summed E-state index contributed by atoms with van der Waals surface area (Å²) in [7, 11) is 0. The first kappa shape index (κ1) is 20.0. The molecule has 0 bridgehead atoms. The molecule has 2 aliphatic carbocycles. The molecule has 0 saturated heterocycles. The Bertz CT molecular complexity index is 1140. The van der Waals surface area contributed by atoms with Crippen LogP contribution in [0, 0.1) is 28.9 Å². The molecule has 9 heteroatoms. The van der Waals surface area contributed by atoms with E-state index < -0.39 is 23.5 Å². The van der Waals surface area contributed by atoms with Gasteiger partial charge in [0.2, 0.25) is 0 Å². The second-order valence-corrected chi connectivity index (χ2v) is 8.83. The van der Waals surface area contributed by atoms with Crippen molar-refractivity contribution in [2.45, 2.75) is 51.4 Å². The first-order valence-electron chi connectivity index (χ1n) is 10.7. The lowest BCUT2D eigenvalue weighted by Crippen LogP contribution is -2.42. The lowest BCUT2D eigenvalue weighted by Gasteiger charge is -2.45. The van der Waals surface area contributed by atoms with Crippen LogP contribution in [0.15, 0.2) is 18.5 Å². The molecule has 0 radical (unpaired) electrons. The van der Waals surface area contributed by atoms with Crippen LogP contribution >= 0.6 is 0 Å². The van der Waals surface area contributed by atoms with Gasteiger partial charge in [-0.25, -0.2) is 23.7 Å². The van der Waals surface area contributed by atoms with Crippen LogP contribution in [-0.2, 0) is 11.2 Å². The van der Waals surface area contributed by atoms with Crippen molar-refractivity contribution in [1.29, 1.82) is 0 Å². The van der Waals surface area contributed by atoms with Gasteiger partial charge in [0, 0.05) is 0 Å². The Morgan fingerprint density at radius 1 is 1.16 bits per heavy atom. The monoisotopic (exact) mass is 427 g/mol. The number of rotatable bonds is 4.